The van der Waals surface area contributed by atoms with Crippen LogP contribution in [0.25, 0.3) is 0 Å². The highest BCUT2D eigenvalue weighted by molar-refractivity contribution is 4.90. The molecule has 0 bridgehead atoms. The molecule has 17 heavy (non-hydrogen) atoms. The van der Waals surface area contributed by atoms with Gasteiger partial charge in [-0.1, -0.05) is 0 Å². The summed E-state index contributed by atoms with van der Waals surface area (Å²) in [6.45, 7) is 8.21. The fourth-order valence-corrected chi connectivity index (χ4v) is 2.67. The summed E-state index contributed by atoms with van der Waals surface area (Å²) in [6.07, 6.45) is 0.538. The Kier molecular flexibility index (Phi) is 2.55. The zero-order chi connectivity index (χ0) is 12.3. The fraction of sp³-hybridized carbons (Fsp3) is 1.00. The monoisotopic (exact) mass is 244 g/mol. The standard InChI is InChI=1S/C12H20O5/c1-11(2)13-6-9(16-11)7-5-8-10(14-7)17-12(3,4)15-8/h7-10H,5-6H2,1-4H3/t7-,8+,9+,10+/m1/s1. The van der Waals surface area contributed by atoms with Crippen LogP contribution in [0, 0.1) is 0 Å². The van der Waals surface area contributed by atoms with E-state index in [1.807, 2.05) is 27.7 Å². The van der Waals surface area contributed by atoms with Gasteiger partial charge in [0.25, 0.3) is 0 Å². The molecule has 5 nitrogen and oxygen atoms in total. The van der Waals surface area contributed by atoms with Gasteiger partial charge in [-0.2, -0.15) is 0 Å². The minimum Gasteiger partial charge on any atom is -0.348 e. The molecule has 0 aromatic heterocycles. The molecule has 5 heteroatoms. The van der Waals surface area contributed by atoms with Crippen molar-refractivity contribution < 1.29 is 23.7 Å². The van der Waals surface area contributed by atoms with Gasteiger partial charge < -0.3 is 23.7 Å². The Morgan fingerprint density at radius 1 is 0.824 bits per heavy atom. The molecule has 0 amide bonds. The first-order chi connectivity index (χ1) is 7.85. The molecule has 3 aliphatic rings. The van der Waals surface area contributed by atoms with Crippen LogP contribution in [0.1, 0.15) is 34.1 Å². The average molecular weight is 244 g/mol. The molecule has 0 unspecified atom stereocenters. The zero-order valence-electron chi connectivity index (χ0n) is 10.8. The molecule has 0 N–H and O–H groups in total. The minimum atomic E-state index is -0.535. The minimum absolute atomic E-state index is 0.00266. The van der Waals surface area contributed by atoms with Gasteiger partial charge in [0.05, 0.1) is 12.7 Å². The lowest BCUT2D eigenvalue weighted by Gasteiger charge is -2.23. The van der Waals surface area contributed by atoms with Crippen LogP contribution in [0.3, 0.4) is 0 Å². The van der Waals surface area contributed by atoms with Gasteiger partial charge in [0.1, 0.15) is 12.2 Å². The highest BCUT2D eigenvalue weighted by atomic mass is 16.8. The Morgan fingerprint density at radius 2 is 1.53 bits per heavy atom. The van der Waals surface area contributed by atoms with E-state index in [1.165, 1.54) is 0 Å². The first-order valence-corrected chi connectivity index (χ1v) is 6.18. The molecule has 0 aromatic carbocycles. The second-order valence-corrected chi connectivity index (χ2v) is 5.82. The first-order valence-electron chi connectivity index (χ1n) is 6.18. The van der Waals surface area contributed by atoms with Crippen LogP contribution < -0.4 is 0 Å². The highest BCUT2D eigenvalue weighted by Gasteiger charge is 2.52. The van der Waals surface area contributed by atoms with Crippen LogP contribution in [-0.2, 0) is 23.7 Å². The summed E-state index contributed by atoms with van der Waals surface area (Å²) in [5.41, 5.74) is 0. The molecule has 0 saturated carbocycles. The smallest absolute Gasteiger partial charge is 0.187 e. The summed E-state index contributed by atoms with van der Waals surface area (Å²) in [7, 11) is 0. The molecule has 3 aliphatic heterocycles. The molecule has 98 valence electrons. The molecule has 3 rings (SSSR count). The van der Waals surface area contributed by atoms with Crippen molar-refractivity contribution in [1.82, 2.24) is 0 Å². The van der Waals surface area contributed by atoms with E-state index in [4.69, 9.17) is 23.7 Å². The van der Waals surface area contributed by atoms with Gasteiger partial charge in [0.15, 0.2) is 17.9 Å². The van der Waals surface area contributed by atoms with Gasteiger partial charge in [-0.3, -0.25) is 0 Å². The third-order valence-electron chi connectivity index (χ3n) is 3.36. The normalized spacial score (nSPS) is 47.3. The summed E-state index contributed by atoms with van der Waals surface area (Å²) < 4.78 is 28.6. The second-order valence-electron chi connectivity index (χ2n) is 5.82. The third-order valence-corrected chi connectivity index (χ3v) is 3.36. The lowest BCUT2D eigenvalue weighted by Crippen LogP contribution is -2.33. The predicted molar refractivity (Wildman–Crippen MR) is 58.2 cm³/mol. The Bertz CT molecular complexity index is 298. The molecular formula is C12H20O5. The van der Waals surface area contributed by atoms with Crippen molar-refractivity contribution in [2.75, 3.05) is 6.61 Å². The van der Waals surface area contributed by atoms with E-state index in [0.717, 1.165) is 6.42 Å². The van der Waals surface area contributed by atoms with E-state index in [0.29, 0.717) is 6.61 Å². The molecule has 3 fully saturated rings. The molecular weight excluding hydrogens is 224 g/mol. The topological polar surface area (TPSA) is 46.2 Å². The molecule has 4 atom stereocenters. The lowest BCUT2D eigenvalue weighted by molar-refractivity contribution is -0.220. The number of fused-ring (bicyclic) bond motifs is 1. The summed E-state index contributed by atoms with van der Waals surface area (Å²) in [5, 5.41) is 0. The van der Waals surface area contributed by atoms with E-state index in [-0.39, 0.29) is 24.6 Å². The van der Waals surface area contributed by atoms with Crippen LogP contribution in [0.4, 0.5) is 0 Å². The lowest BCUT2D eigenvalue weighted by atomic mass is 10.1. The molecule has 3 saturated heterocycles. The third kappa shape index (κ3) is 2.22. The molecule has 0 aliphatic carbocycles. The van der Waals surface area contributed by atoms with Crippen molar-refractivity contribution in [2.24, 2.45) is 0 Å². The number of hydrogen-bond donors (Lipinski definition) is 0. The van der Waals surface area contributed by atoms with E-state index < -0.39 is 11.6 Å². The van der Waals surface area contributed by atoms with Crippen molar-refractivity contribution >= 4 is 0 Å². The van der Waals surface area contributed by atoms with Gasteiger partial charge in [-0.25, -0.2) is 0 Å². The first kappa shape index (κ1) is 11.9. The SMILES string of the molecule is CC1(C)O[C@@H]2O[C@@H]([C@@H]3COC(C)(C)O3)C[C@@H]2O1. The maximum Gasteiger partial charge on any atom is 0.187 e. The predicted octanol–water partition coefficient (Wildman–Crippen LogP) is 1.40. The number of hydrogen-bond acceptors (Lipinski definition) is 5. The van der Waals surface area contributed by atoms with Crippen LogP contribution >= 0.6 is 0 Å². The molecule has 3 heterocycles. The molecule has 0 aromatic rings. The summed E-state index contributed by atoms with van der Waals surface area (Å²) in [6, 6.07) is 0. The maximum atomic E-state index is 5.85. The van der Waals surface area contributed by atoms with E-state index in [1.54, 1.807) is 0 Å². The maximum absolute atomic E-state index is 5.85. The average Bonchev–Trinajstić information content (AvgIpc) is 2.75. The largest absolute Gasteiger partial charge is 0.348 e. The van der Waals surface area contributed by atoms with E-state index in [9.17, 15) is 0 Å². The van der Waals surface area contributed by atoms with Crippen LogP contribution in [-0.4, -0.2) is 42.8 Å². The Labute approximate surface area is 101 Å². The van der Waals surface area contributed by atoms with Crippen LogP contribution in [0.2, 0.25) is 0 Å². The van der Waals surface area contributed by atoms with Crippen molar-refractivity contribution in [1.29, 1.82) is 0 Å². The summed E-state index contributed by atoms with van der Waals surface area (Å²) >= 11 is 0. The Hall–Kier alpha value is -0.200. The Balaban J connectivity index is 1.60. The summed E-state index contributed by atoms with van der Waals surface area (Å²) in [4.78, 5) is 0. The molecule has 0 spiro atoms. The number of rotatable bonds is 1. The zero-order valence-corrected chi connectivity index (χ0v) is 10.8. The van der Waals surface area contributed by atoms with E-state index >= 15 is 0 Å². The van der Waals surface area contributed by atoms with Crippen molar-refractivity contribution in [3.63, 3.8) is 0 Å². The van der Waals surface area contributed by atoms with Crippen molar-refractivity contribution in [2.45, 2.75) is 70.3 Å². The summed E-state index contributed by atoms with van der Waals surface area (Å²) in [5.74, 6) is -1.04. The van der Waals surface area contributed by atoms with Gasteiger partial charge >= 0.3 is 0 Å². The molecule has 0 radical (unpaired) electrons. The quantitative estimate of drug-likeness (QED) is 0.697. The van der Waals surface area contributed by atoms with Crippen LogP contribution in [0.5, 0.6) is 0 Å². The van der Waals surface area contributed by atoms with Gasteiger partial charge in [0, 0.05) is 6.42 Å². The van der Waals surface area contributed by atoms with Gasteiger partial charge in [0.2, 0.25) is 0 Å². The number of ether oxygens (including phenoxy) is 5. The van der Waals surface area contributed by atoms with E-state index in [2.05, 4.69) is 0 Å². The van der Waals surface area contributed by atoms with Crippen molar-refractivity contribution in [3.05, 3.63) is 0 Å². The second kappa shape index (κ2) is 3.65. The van der Waals surface area contributed by atoms with Gasteiger partial charge in [-0.15, -0.1) is 0 Å². The van der Waals surface area contributed by atoms with Gasteiger partial charge in [-0.05, 0) is 27.7 Å². The Morgan fingerprint density at radius 3 is 2.12 bits per heavy atom. The van der Waals surface area contributed by atoms with Crippen molar-refractivity contribution in [3.8, 4) is 0 Å². The fourth-order valence-electron chi connectivity index (χ4n) is 2.67. The van der Waals surface area contributed by atoms with Crippen LogP contribution in [0.15, 0.2) is 0 Å². The highest BCUT2D eigenvalue weighted by Crippen LogP contribution is 2.40.